The molecule has 0 aromatic heterocycles. The van der Waals surface area contributed by atoms with Crippen molar-refractivity contribution in [1.29, 1.82) is 0 Å². The SMILES string of the molecule is BrCOc1cccc2cc3ccccc3cc12. The van der Waals surface area contributed by atoms with Crippen LogP contribution in [0.5, 0.6) is 5.75 Å². The lowest BCUT2D eigenvalue weighted by atomic mass is 10.0. The highest BCUT2D eigenvalue weighted by atomic mass is 79.9. The molecule has 0 aliphatic heterocycles. The second-order valence-corrected chi connectivity index (χ2v) is 4.39. The minimum Gasteiger partial charge on any atom is -0.482 e. The average molecular weight is 287 g/mol. The van der Waals surface area contributed by atoms with Crippen LogP contribution in [-0.2, 0) is 0 Å². The highest BCUT2D eigenvalue weighted by molar-refractivity contribution is 9.09. The number of rotatable bonds is 2. The number of halogens is 1. The van der Waals surface area contributed by atoms with Gasteiger partial charge in [0.25, 0.3) is 0 Å². The third kappa shape index (κ3) is 1.89. The highest BCUT2D eigenvalue weighted by Crippen LogP contribution is 2.30. The van der Waals surface area contributed by atoms with Gasteiger partial charge in [-0.1, -0.05) is 36.4 Å². The van der Waals surface area contributed by atoms with Crippen molar-refractivity contribution >= 4 is 37.5 Å². The summed E-state index contributed by atoms with van der Waals surface area (Å²) in [6, 6.07) is 18.9. The van der Waals surface area contributed by atoms with Crippen LogP contribution in [-0.4, -0.2) is 5.52 Å². The summed E-state index contributed by atoms with van der Waals surface area (Å²) >= 11 is 3.30. The monoisotopic (exact) mass is 286 g/mol. The average Bonchev–Trinajstić information content (AvgIpc) is 2.37. The molecular formula is C15H11BrO. The summed E-state index contributed by atoms with van der Waals surface area (Å²) in [5.74, 6) is 0.921. The molecule has 0 heterocycles. The zero-order chi connectivity index (χ0) is 11.7. The molecule has 1 nitrogen and oxygen atoms in total. The number of fused-ring (bicyclic) bond motifs is 2. The summed E-state index contributed by atoms with van der Waals surface area (Å²) in [5, 5.41) is 4.87. The predicted octanol–water partition coefficient (Wildman–Crippen LogP) is 4.72. The molecule has 0 amide bonds. The zero-order valence-electron chi connectivity index (χ0n) is 9.19. The first-order chi connectivity index (χ1) is 8.38. The Bertz CT molecular complexity index is 676. The van der Waals surface area contributed by atoms with Gasteiger partial charge in [0.1, 0.15) is 11.3 Å². The van der Waals surface area contributed by atoms with E-state index in [2.05, 4.69) is 58.4 Å². The van der Waals surface area contributed by atoms with Crippen molar-refractivity contribution in [2.45, 2.75) is 0 Å². The highest BCUT2D eigenvalue weighted by Gasteiger charge is 2.03. The summed E-state index contributed by atoms with van der Waals surface area (Å²) in [7, 11) is 0. The van der Waals surface area contributed by atoms with Gasteiger partial charge in [0.2, 0.25) is 0 Å². The summed E-state index contributed by atoms with van der Waals surface area (Å²) in [5.41, 5.74) is 0.513. The first-order valence-electron chi connectivity index (χ1n) is 5.49. The fourth-order valence-corrected chi connectivity index (χ4v) is 2.37. The smallest absolute Gasteiger partial charge is 0.143 e. The van der Waals surface area contributed by atoms with Gasteiger partial charge >= 0.3 is 0 Å². The normalized spacial score (nSPS) is 10.9. The van der Waals surface area contributed by atoms with E-state index < -0.39 is 0 Å². The van der Waals surface area contributed by atoms with Crippen molar-refractivity contribution in [1.82, 2.24) is 0 Å². The molecular weight excluding hydrogens is 276 g/mol. The van der Waals surface area contributed by atoms with Gasteiger partial charge in [-0.3, -0.25) is 0 Å². The number of benzene rings is 3. The maximum atomic E-state index is 5.58. The largest absolute Gasteiger partial charge is 0.482 e. The number of hydrogen-bond acceptors (Lipinski definition) is 1. The van der Waals surface area contributed by atoms with E-state index in [4.69, 9.17) is 4.74 Å². The van der Waals surface area contributed by atoms with E-state index in [0.717, 1.165) is 11.1 Å². The standard InChI is InChI=1S/C15H11BrO/c16-10-17-15-7-3-6-13-8-11-4-1-2-5-12(11)9-14(13)15/h1-9H,10H2. The van der Waals surface area contributed by atoms with Crippen LogP contribution in [0.25, 0.3) is 21.5 Å². The van der Waals surface area contributed by atoms with Crippen molar-refractivity contribution in [3.05, 3.63) is 54.6 Å². The van der Waals surface area contributed by atoms with E-state index in [1.807, 2.05) is 12.1 Å². The van der Waals surface area contributed by atoms with Gasteiger partial charge in [-0.25, -0.2) is 0 Å². The van der Waals surface area contributed by atoms with Crippen LogP contribution >= 0.6 is 15.9 Å². The lowest BCUT2D eigenvalue weighted by Crippen LogP contribution is -1.89. The van der Waals surface area contributed by atoms with Gasteiger partial charge in [0, 0.05) is 5.39 Å². The summed E-state index contributed by atoms with van der Waals surface area (Å²) in [6.07, 6.45) is 0. The molecule has 0 spiro atoms. The Balaban J connectivity index is 2.35. The van der Waals surface area contributed by atoms with Crippen molar-refractivity contribution in [2.75, 3.05) is 5.52 Å². The number of hydrogen-bond donors (Lipinski definition) is 0. The molecule has 0 radical (unpaired) electrons. The second-order valence-electron chi connectivity index (χ2n) is 3.93. The zero-order valence-corrected chi connectivity index (χ0v) is 10.8. The second kappa shape index (κ2) is 4.38. The molecule has 3 aromatic carbocycles. The van der Waals surface area contributed by atoms with E-state index >= 15 is 0 Å². The minimum absolute atomic E-state index is 0.513. The van der Waals surface area contributed by atoms with E-state index in [1.165, 1.54) is 16.2 Å². The first-order valence-corrected chi connectivity index (χ1v) is 6.61. The van der Waals surface area contributed by atoms with Crippen LogP contribution < -0.4 is 4.74 Å². The van der Waals surface area contributed by atoms with Crippen LogP contribution in [0, 0.1) is 0 Å². The summed E-state index contributed by atoms with van der Waals surface area (Å²) in [6.45, 7) is 0. The van der Waals surface area contributed by atoms with E-state index in [1.54, 1.807) is 0 Å². The summed E-state index contributed by atoms with van der Waals surface area (Å²) in [4.78, 5) is 0. The van der Waals surface area contributed by atoms with Crippen LogP contribution in [0.15, 0.2) is 54.6 Å². The molecule has 17 heavy (non-hydrogen) atoms. The Labute approximate surface area is 108 Å². The van der Waals surface area contributed by atoms with Gasteiger partial charge in [-0.05, 0) is 50.3 Å². The molecule has 3 aromatic rings. The molecule has 0 fully saturated rings. The maximum absolute atomic E-state index is 5.58. The Kier molecular flexibility index (Phi) is 2.73. The first kappa shape index (κ1) is 10.6. The quantitative estimate of drug-likeness (QED) is 0.489. The Morgan fingerprint density at radius 1 is 0.824 bits per heavy atom. The van der Waals surface area contributed by atoms with Crippen molar-refractivity contribution < 1.29 is 4.74 Å². The van der Waals surface area contributed by atoms with E-state index in [0.29, 0.717) is 5.52 Å². The van der Waals surface area contributed by atoms with Crippen molar-refractivity contribution in [2.24, 2.45) is 0 Å². The molecule has 0 N–H and O–H groups in total. The number of alkyl halides is 1. The molecule has 3 rings (SSSR count). The third-order valence-electron chi connectivity index (χ3n) is 2.92. The van der Waals surface area contributed by atoms with Crippen LogP contribution in [0.4, 0.5) is 0 Å². The summed E-state index contributed by atoms with van der Waals surface area (Å²) < 4.78 is 5.58. The Hall–Kier alpha value is -1.54. The molecule has 0 bridgehead atoms. The maximum Gasteiger partial charge on any atom is 0.143 e. The lowest BCUT2D eigenvalue weighted by Gasteiger charge is -2.08. The topological polar surface area (TPSA) is 9.23 Å². The molecule has 0 unspecified atom stereocenters. The molecule has 0 saturated carbocycles. The van der Waals surface area contributed by atoms with E-state index in [9.17, 15) is 0 Å². The fraction of sp³-hybridized carbons (Fsp3) is 0.0667. The van der Waals surface area contributed by atoms with Crippen molar-refractivity contribution in [3.63, 3.8) is 0 Å². The molecule has 84 valence electrons. The van der Waals surface area contributed by atoms with Crippen LogP contribution in [0.1, 0.15) is 0 Å². The minimum atomic E-state index is 0.513. The lowest BCUT2D eigenvalue weighted by molar-refractivity contribution is 0.403. The molecule has 2 heteroatoms. The molecule has 0 atom stereocenters. The molecule has 0 aliphatic carbocycles. The van der Waals surface area contributed by atoms with Crippen LogP contribution in [0.2, 0.25) is 0 Å². The van der Waals surface area contributed by atoms with E-state index in [-0.39, 0.29) is 0 Å². The third-order valence-corrected chi connectivity index (χ3v) is 3.15. The molecule has 0 saturated heterocycles. The predicted molar refractivity (Wildman–Crippen MR) is 75.9 cm³/mol. The number of ether oxygens (including phenoxy) is 1. The van der Waals surface area contributed by atoms with Gasteiger partial charge in [0.05, 0.1) is 0 Å². The van der Waals surface area contributed by atoms with Gasteiger partial charge in [-0.2, -0.15) is 0 Å². The van der Waals surface area contributed by atoms with Gasteiger partial charge in [-0.15, -0.1) is 0 Å². The van der Waals surface area contributed by atoms with Gasteiger partial charge < -0.3 is 4.74 Å². The Morgan fingerprint density at radius 2 is 1.53 bits per heavy atom. The molecule has 0 aliphatic rings. The van der Waals surface area contributed by atoms with Crippen molar-refractivity contribution in [3.8, 4) is 5.75 Å². The van der Waals surface area contributed by atoms with Gasteiger partial charge in [0.15, 0.2) is 0 Å². The van der Waals surface area contributed by atoms with Crippen LogP contribution in [0.3, 0.4) is 0 Å². The Morgan fingerprint density at radius 3 is 2.29 bits per heavy atom. The fourth-order valence-electron chi connectivity index (χ4n) is 2.12.